The van der Waals surface area contributed by atoms with E-state index in [0.29, 0.717) is 32.7 Å². The molecule has 4 rings (SSSR count). The highest BCUT2D eigenvalue weighted by atomic mass is 79.9. The van der Waals surface area contributed by atoms with Gasteiger partial charge in [-0.25, -0.2) is 14.4 Å². The molecule has 0 bridgehead atoms. The molecule has 0 atom stereocenters. The quantitative estimate of drug-likeness (QED) is 0.420. The molecule has 138 valence electrons. The molecule has 9 heteroatoms. The number of rotatable bonds is 4. The zero-order valence-corrected chi connectivity index (χ0v) is 16.7. The molecule has 0 radical (unpaired) electrons. The van der Waals surface area contributed by atoms with Crippen LogP contribution in [0.3, 0.4) is 0 Å². The van der Waals surface area contributed by atoms with Gasteiger partial charge in [-0.3, -0.25) is 4.68 Å². The van der Waals surface area contributed by atoms with Crippen molar-refractivity contribution in [3.05, 3.63) is 45.9 Å². The molecule has 0 amide bonds. The van der Waals surface area contributed by atoms with Crippen molar-refractivity contribution in [1.82, 2.24) is 19.7 Å². The van der Waals surface area contributed by atoms with E-state index >= 15 is 4.39 Å². The van der Waals surface area contributed by atoms with Crippen molar-refractivity contribution >= 4 is 49.5 Å². The van der Waals surface area contributed by atoms with Crippen LogP contribution in [0.25, 0.3) is 33.2 Å². The molecule has 3 aromatic heterocycles. The number of aromatic nitrogens is 4. The van der Waals surface area contributed by atoms with Crippen LogP contribution in [0.5, 0.6) is 5.75 Å². The zero-order chi connectivity index (χ0) is 19.1. The summed E-state index contributed by atoms with van der Waals surface area (Å²) >= 11 is 9.79. The van der Waals surface area contributed by atoms with Gasteiger partial charge in [0.2, 0.25) is 0 Å². The molecule has 1 aromatic carbocycles. The van der Waals surface area contributed by atoms with Gasteiger partial charge >= 0.3 is 0 Å². The Kier molecular flexibility index (Phi) is 4.71. The van der Waals surface area contributed by atoms with Gasteiger partial charge in [0.15, 0.2) is 24.0 Å². The monoisotopic (exact) mass is 450 g/mol. The smallest absolute Gasteiger partial charge is 0.193 e. The van der Waals surface area contributed by atoms with E-state index in [9.17, 15) is 0 Å². The van der Waals surface area contributed by atoms with E-state index in [1.54, 1.807) is 31.6 Å². The van der Waals surface area contributed by atoms with Crippen LogP contribution < -0.4 is 4.74 Å². The predicted molar refractivity (Wildman–Crippen MR) is 104 cm³/mol. The first-order valence-corrected chi connectivity index (χ1v) is 9.05. The van der Waals surface area contributed by atoms with Crippen molar-refractivity contribution in [2.45, 2.75) is 0 Å². The molecule has 0 aliphatic rings. The molecule has 6 nitrogen and oxygen atoms in total. The fraction of sp³-hybridized carbons (Fsp3) is 0.167. The average molecular weight is 452 g/mol. The summed E-state index contributed by atoms with van der Waals surface area (Å²) < 4.78 is 27.8. The second kappa shape index (κ2) is 7.03. The summed E-state index contributed by atoms with van der Waals surface area (Å²) in [5.41, 5.74) is 1.54. The van der Waals surface area contributed by atoms with Gasteiger partial charge in [-0.15, -0.1) is 0 Å². The van der Waals surface area contributed by atoms with Gasteiger partial charge in [0.25, 0.3) is 0 Å². The van der Waals surface area contributed by atoms with Crippen molar-refractivity contribution in [3.8, 4) is 17.0 Å². The molecule has 27 heavy (non-hydrogen) atoms. The first-order valence-electron chi connectivity index (χ1n) is 7.87. The predicted octanol–water partition coefficient (Wildman–Crippen LogP) is 4.72. The minimum Gasteiger partial charge on any atom is -0.464 e. The van der Waals surface area contributed by atoms with Crippen LogP contribution >= 0.6 is 27.5 Å². The van der Waals surface area contributed by atoms with Crippen molar-refractivity contribution in [2.75, 3.05) is 13.9 Å². The minimum absolute atomic E-state index is 0.00285. The number of pyridine rings is 2. The topological polar surface area (TPSA) is 62.1 Å². The maximum Gasteiger partial charge on any atom is 0.193 e. The maximum atomic E-state index is 15.1. The molecule has 0 aliphatic carbocycles. The number of methoxy groups -OCH3 is 1. The number of ether oxygens (including phenoxy) is 2. The van der Waals surface area contributed by atoms with Gasteiger partial charge < -0.3 is 9.47 Å². The number of halogens is 3. The van der Waals surface area contributed by atoms with E-state index in [-0.39, 0.29) is 18.1 Å². The summed E-state index contributed by atoms with van der Waals surface area (Å²) in [5.74, 6) is -0.579. The average Bonchev–Trinajstić information content (AvgIpc) is 3.02. The Bertz CT molecular complexity index is 1180. The van der Waals surface area contributed by atoms with Crippen molar-refractivity contribution < 1.29 is 13.9 Å². The van der Waals surface area contributed by atoms with E-state index in [1.807, 2.05) is 6.07 Å². The van der Waals surface area contributed by atoms with Crippen LogP contribution in [-0.2, 0) is 11.8 Å². The standard InChI is InChI=1S/C18H13BrClFN4O2/c1-25-7-9-3-12(17(27-8-26-2)15(21)16(9)24-25)14-5-13(20)11-4-10(19)6-22-18(11)23-14/h3-7H,8H2,1-2H3. The molecule has 0 saturated carbocycles. The highest BCUT2D eigenvalue weighted by Gasteiger charge is 2.21. The van der Waals surface area contributed by atoms with Crippen LogP contribution in [0.15, 0.2) is 35.1 Å². The third-order valence-corrected chi connectivity index (χ3v) is 4.73. The third-order valence-electron chi connectivity index (χ3n) is 3.99. The first-order chi connectivity index (χ1) is 13.0. The molecule has 4 aromatic rings. The van der Waals surface area contributed by atoms with Gasteiger partial charge in [0.05, 0.1) is 10.7 Å². The Morgan fingerprint density at radius 3 is 2.89 bits per heavy atom. The van der Waals surface area contributed by atoms with Crippen LogP contribution in [-0.4, -0.2) is 33.7 Å². The van der Waals surface area contributed by atoms with E-state index < -0.39 is 5.82 Å². The maximum absolute atomic E-state index is 15.1. The van der Waals surface area contributed by atoms with E-state index in [1.165, 1.54) is 11.8 Å². The number of nitrogens with zero attached hydrogens (tertiary/aromatic N) is 4. The van der Waals surface area contributed by atoms with Gasteiger partial charge in [0.1, 0.15) is 5.52 Å². The fourth-order valence-electron chi connectivity index (χ4n) is 2.86. The van der Waals surface area contributed by atoms with E-state index in [0.717, 1.165) is 4.47 Å². The molecule has 0 saturated heterocycles. The summed E-state index contributed by atoms with van der Waals surface area (Å²) in [6.07, 6.45) is 3.35. The van der Waals surface area contributed by atoms with Gasteiger partial charge in [-0.1, -0.05) is 11.6 Å². The number of benzene rings is 1. The summed E-state index contributed by atoms with van der Waals surface area (Å²) in [4.78, 5) is 8.83. The van der Waals surface area contributed by atoms with Gasteiger partial charge in [0, 0.05) is 47.4 Å². The lowest BCUT2D eigenvalue weighted by Gasteiger charge is -2.13. The third kappa shape index (κ3) is 3.24. The molecule has 0 fully saturated rings. The fourth-order valence-corrected chi connectivity index (χ4v) is 3.43. The van der Waals surface area contributed by atoms with Crippen molar-refractivity contribution in [2.24, 2.45) is 7.05 Å². The molecule has 3 heterocycles. The van der Waals surface area contributed by atoms with E-state index in [4.69, 9.17) is 21.1 Å². The lowest BCUT2D eigenvalue weighted by molar-refractivity contribution is 0.0489. The summed E-state index contributed by atoms with van der Waals surface area (Å²) in [7, 11) is 3.19. The minimum atomic E-state index is -0.582. The normalized spacial score (nSPS) is 11.4. The van der Waals surface area contributed by atoms with Crippen LogP contribution in [0.1, 0.15) is 0 Å². The van der Waals surface area contributed by atoms with Crippen LogP contribution in [0.2, 0.25) is 5.02 Å². The second-order valence-corrected chi connectivity index (χ2v) is 7.20. The lowest BCUT2D eigenvalue weighted by atomic mass is 10.1. The summed E-state index contributed by atoms with van der Waals surface area (Å²) in [5, 5.41) is 5.92. The number of fused-ring (bicyclic) bond motifs is 2. The molecule has 0 N–H and O–H groups in total. The molecule has 0 aliphatic heterocycles. The second-order valence-electron chi connectivity index (χ2n) is 5.87. The zero-order valence-electron chi connectivity index (χ0n) is 14.3. The summed E-state index contributed by atoms with van der Waals surface area (Å²) in [6.45, 7) is -0.116. The first kappa shape index (κ1) is 18.1. The summed E-state index contributed by atoms with van der Waals surface area (Å²) in [6, 6.07) is 5.25. The van der Waals surface area contributed by atoms with Crippen molar-refractivity contribution in [1.29, 1.82) is 0 Å². The number of aryl methyl sites for hydroxylation is 1. The number of hydrogen-bond donors (Lipinski definition) is 0. The SMILES string of the molecule is COCOc1c(-c2cc(Cl)c3cc(Br)cnc3n2)cc2cn(C)nc2c1F. The highest BCUT2D eigenvalue weighted by molar-refractivity contribution is 9.10. The lowest BCUT2D eigenvalue weighted by Crippen LogP contribution is -2.04. The Labute approximate surface area is 167 Å². The largest absolute Gasteiger partial charge is 0.464 e. The van der Waals surface area contributed by atoms with Gasteiger partial charge in [-0.2, -0.15) is 5.10 Å². The number of hydrogen-bond acceptors (Lipinski definition) is 5. The Morgan fingerprint density at radius 1 is 1.30 bits per heavy atom. The molecule has 0 spiro atoms. The Morgan fingerprint density at radius 2 is 2.11 bits per heavy atom. The Balaban J connectivity index is 1.99. The molecular formula is C18H13BrClFN4O2. The highest BCUT2D eigenvalue weighted by Crippen LogP contribution is 2.38. The molecule has 0 unspecified atom stereocenters. The van der Waals surface area contributed by atoms with Gasteiger partial charge in [-0.05, 0) is 34.1 Å². The molecular weight excluding hydrogens is 439 g/mol. The van der Waals surface area contributed by atoms with Crippen molar-refractivity contribution in [3.63, 3.8) is 0 Å². The Hall–Kier alpha value is -2.29. The van der Waals surface area contributed by atoms with Crippen LogP contribution in [0.4, 0.5) is 4.39 Å². The van der Waals surface area contributed by atoms with E-state index in [2.05, 4.69) is 31.0 Å². The van der Waals surface area contributed by atoms with Crippen LogP contribution in [0, 0.1) is 5.82 Å².